The number of nitrogens with zero attached hydrogens (tertiary/aromatic N) is 2. The highest BCUT2D eigenvalue weighted by atomic mass is 32.1. The Kier molecular flexibility index (Phi) is 4.36. The van der Waals surface area contributed by atoms with E-state index in [1.54, 1.807) is 0 Å². The van der Waals surface area contributed by atoms with Crippen molar-refractivity contribution in [3.8, 4) is 0 Å². The van der Waals surface area contributed by atoms with E-state index in [4.69, 9.17) is 12.2 Å². The van der Waals surface area contributed by atoms with Crippen molar-refractivity contribution in [1.82, 2.24) is 10.3 Å². The summed E-state index contributed by atoms with van der Waals surface area (Å²) in [5.41, 5.74) is 0.934. The largest absolute Gasteiger partial charge is 0.360 e. The van der Waals surface area contributed by atoms with E-state index in [9.17, 15) is 0 Å². The summed E-state index contributed by atoms with van der Waals surface area (Å²) in [7, 11) is 0. The van der Waals surface area contributed by atoms with Crippen molar-refractivity contribution in [2.24, 2.45) is 0 Å². The minimum atomic E-state index is 0.577. The van der Waals surface area contributed by atoms with Gasteiger partial charge in [-0.3, -0.25) is 0 Å². The van der Waals surface area contributed by atoms with Gasteiger partial charge in [-0.1, -0.05) is 0 Å². The van der Waals surface area contributed by atoms with Crippen LogP contribution in [0, 0.1) is 0 Å². The molecule has 2 N–H and O–H groups in total. The van der Waals surface area contributed by atoms with E-state index in [1.807, 2.05) is 18.3 Å². The minimum Gasteiger partial charge on any atom is -0.360 e. The number of pyridine rings is 1. The maximum atomic E-state index is 5.22. The van der Waals surface area contributed by atoms with Crippen LogP contribution < -0.4 is 15.5 Å². The number of aromatic nitrogens is 1. The van der Waals surface area contributed by atoms with Crippen LogP contribution in [0.25, 0.3) is 0 Å². The first kappa shape index (κ1) is 13.1. The molecule has 1 aliphatic carbocycles. The maximum Gasteiger partial charge on any atom is 0.171 e. The summed E-state index contributed by atoms with van der Waals surface area (Å²) in [5.74, 6) is 1.01. The Balaban J connectivity index is 1.91. The van der Waals surface area contributed by atoms with Gasteiger partial charge in [-0.05, 0) is 51.0 Å². The summed E-state index contributed by atoms with van der Waals surface area (Å²) in [6.07, 6.45) is 4.27. The van der Waals surface area contributed by atoms with Gasteiger partial charge in [0.2, 0.25) is 0 Å². The lowest BCUT2D eigenvalue weighted by Gasteiger charge is -2.19. The summed E-state index contributed by atoms with van der Waals surface area (Å²) in [4.78, 5) is 6.66. The third-order valence-electron chi connectivity index (χ3n) is 3.01. The zero-order valence-electron chi connectivity index (χ0n) is 10.9. The van der Waals surface area contributed by atoms with Gasteiger partial charge in [-0.2, -0.15) is 0 Å². The predicted octanol–water partition coefficient (Wildman–Crippen LogP) is 2.38. The van der Waals surface area contributed by atoms with Crippen LogP contribution in [-0.2, 0) is 0 Å². The van der Waals surface area contributed by atoms with Crippen LogP contribution in [0.4, 0.5) is 11.5 Å². The zero-order valence-corrected chi connectivity index (χ0v) is 11.8. The molecule has 2 rings (SSSR count). The lowest BCUT2D eigenvalue weighted by atomic mass is 10.3. The number of thiocarbonyl (C=S) groups is 1. The first-order valence-corrected chi connectivity index (χ1v) is 6.92. The predicted molar refractivity (Wildman–Crippen MR) is 80.2 cm³/mol. The van der Waals surface area contributed by atoms with Gasteiger partial charge in [-0.25, -0.2) is 4.98 Å². The average molecular weight is 264 g/mol. The van der Waals surface area contributed by atoms with Crippen LogP contribution in [0.2, 0.25) is 0 Å². The maximum absolute atomic E-state index is 5.22. The minimum absolute atomic E-state index is 0.577. The Morgan fingerprint density at radius 2 is 2.11 bits per heavy atom. The molecule has 1 aromatic rings. The highest BCUT2D eigenvalue weighted by molar-refractivity contribution is 7.80. The van der Waals surface area contributed by atoms with Gasteiger partial charge >= 0.3 is 0 Å². The molecular formula is C13H20N4S. The highest BCUT2D eigenvalue weighted by Crippen LogP contribution is 2.19. The Bertz CT molecular complexity index is 396. The molecule has 1 aromatic heterocycles. The Morgan fingerprint density at radius 3 is 2.61 bits per heavy atom. The van der Waals surface area contributed by atoms with Gasteiger partial charge in [0.25, 0.3) is 0 Å². The summed E-state index contributed by atoms with van der Waals surface area (Å²) >= 11 is 5.22. The van der Waals surface area contributed by atoms with Crippen molar-refractivity contribution < 1.29 is 0 Å². The van der Waals surface area contributed by atoms with Crippen molar-refractivity contribution in [3.63, 3.8) is 0 Å². The molecule has 4 nitrogen and oxygen atoms in total. The molecule has 1 heterocycles. The molecule has 0 radical (unpaired) electrons. The van der Waals surface area contributed by atoms with Crippen molar-refractivity contribution in [2.45, 2.75) is 32.7 Å². The van der Waals surface area contributed by atoms with E-state index in [0.717, 1.165) is 24.6 Å². The van der Waals surface area contributed by atoms with Crippen molar-refractivity contribution in [2.75, 3.05) is 23.3 Å². The summed E-state index contributed by atoms with van der Waals surface area (Å²) in [6, 6.07) is 4.62. The van der Waals surface area contributed by atoms with Crippen molar-refractivity contribution in [1.29, 1.82) is 0 Å². The number of rotatable bonds is 5. The Morgan fingerprint density at radius 1 is 1.39 bits per heavy atom. The second-order valence-corrected chi connectivity index (χ2v) is 4.86. The van der Waals surface area contributed by atoms with Crippen LogP contribution in [0.1, 0.15) is 26.7 Å². The molecule has 1 fully saturated rings. The average Bonchev–Trinajstić information content (AvgIpc) is 3.16. The Hall–Kier alpha value is -1.36. The molecule has 1 aliphatic rings. The fourth-order valence-corrected chi connectivity index (χ4v) is 2.06. The molecule has 1 saturated carbocycles. The van der Waals surface area contributed by atoms with E-state index in [0.29, 0.717) is 11.2 Å². The first-order valence-electron chi connectivity index (χ1n) is 6.51. The number of anilines is 2. The zero-order chi connectivity index (χ0) is 13.0. The molecule has 0 aromatic carbocycles. The molecule has 0 unspecified atom stereocenters. The molecule has 0 atom stereocenters. The van der Waals surface area contributed by atoms with E-state index in [1.165, 1.54) is 12.8 Å². The fourth-order valence-electron chi connectivity index (χ4n) is 1.77. The highest BCUT2D eigenvalue weighted by Gasteiger charge is 2.21. The van der Waals surface area contributed by atoms with Crippen LogP contribution in [-0.4, -0.2) is 29.2 Å². The standard InChI is InChI=1S/C13H20N4S/c1-3-17(4-2)12-8-7-11(9-14-12)16-13(18)15-10-5-6-10/h7-10H,3-6H2,1-2H3,(H2,15,16,18). The van der Waals surface area contributed by atoms with E-state index < -0.39 is 0 Å². The van der Waals surface area contributed by atoms with Gasteiger partial charge < -0.3 is 15.5 Å². The molecule has 0 spiro atoms. The third-order valence-corrected chi connectivity index (χ3v) is 3.23. The lowest BCUT2D eigenvalue weighted by molar-refractivity contribution is 0.846. The monoisotopic (exact) mass is 264 g/mol. The number of hydrogen-bond acceptors (Lipinski definition) is 3. The first-order chi connectivity index (χ1) is 8.72. The van der Waals surface area contributed by atoms with Gasteiger partial charge in [0.1, 0.15) is 5.82 Å². The van der Waals surface area contributed by atoms with Gasteiger partial charge in [-0.15, -0.1) is 0 Å². The SMILES string of the molecule is CCN(CC)c1ccc(NC(=S)NC2CC2)cn1. The lowest BCUT2D eigenvalue weighted by Crippen LogP contribution is -2.30. The van der Waals surface area contributed by atoms with E-state index >= 15 is 0 Å². The van der Waals surface area contributed by atoms with Crippen LogP contribution in [0.3, 0.4) is 0 Å². The molecule has 18 heavy (non-hydrogen) atoms. The molecule has 0 saturated heterocycles. The van der Waals surface area contributed by atoms with Gasteiger partial charge in [0.15, 0.2) is 5.11 Å². The molecule has 5 heteroatoms. The molecule has 0 bridgehead atoms. The van der Waals surface area contributed by atoms with Crippen molar-refractivity contribution >= 4 is 28.8 Å². The smallest absolute Gasteiger partial charge is 0.171 e. The third kappa shape index (κ3) is 3.57. The van der Waals surface area contributed by atoms with E-state index in [-0.39, 0.29) is 0 Å². The van der Waals surface area contributed by atoms with Gasteiger partial charge in [0.05, 0.1) is 11.9 Å². The second kappa shape index (κ2) is 6.00. The molecular weight excluding hydrogens is 244 g/mol. The Labute approximate surface area is 114 Å². The van der Waals surface area contributed by atoms with Crippen LogP contribution >= 0.6 is 12.2 Å². The second-order valence-electron chi connectivity index (χ2n) is 4.45. The number of nitrogens with one attached hydrogen (secondary N) is 2. The topological polar surface area (TPSA) is 40.2 Å². The quantitative estimate of drug-likeness (QED) is 0.799. The molecule has 0 aliphatic heterocycles. The number of hydrogen-bond donors (Lipinski definition) is 2. The molecule has 98 valence electrons. The van der Waals surface area contributed by atoms with E-state index in [2.05, 4.69) is 34.4 Å². The summed E-state index contributed by atoms with van der Waals surface area (Å²) < 4.78 is 0. The van der Waals surface area contributed by atoms with Crippen LogP contribution in [0.5, 0.6) is 0 Å². The molecule has 0 amide bonds. The van der Waals surface area contributed by atoms with Crippen molar-refractivity contribution in [3.05, 3.63) is 18.3 Å². The van der Waals surface area contributed by atoms with Crippen LogP contribution in [0.15, 0.2) is 18.3 Å². The fraction of sp³-hybridized carbons (Fsp3) is 0.538. The summed E-state index contributed by atoms with van der Waals surface area (Å²) in [5, 5.41) is 7.09. The normalized spacial score (nSPS) is 14.1. The summed E-state index contributed by atoms with van der Waals surface area (Å²) in [6.45, 7) is 6.20. The van der Waals surface area contributed by atoms with Gasteiger partial charge in [0, 0.05) is 19.1 Å².